The van der Waals surface area contributed by atoms with Gasteiger partial charge < -0.3 is 5.32 Å². The monoisotopic (exact) mass is 273 g/mol. The average molecular weight is 273 g/mol. The minimum absolute atomic E-state index is 0.0873. The molecule has 108 valence electrons. The van der Waals surface area contributed by atoms with Gasteiger partial charge >= 0.3 is 0 Å². The first-order chi connectivity index (χ1) is 8.46. The Balaban J connectivity index is 2.73. The number of hydrogen-bond donors (Lipinski definition) is 1. The molecular weight excluding hydrogens is 242 g/mol. The van der Waals surface area contributed by atoms with E-state index in [2.05, 4.69) is 33.0 Å². The molecule has 1 N–H and O–H groups in total. The Labute approximate surface area is 116 Å². The highest BCUT2D eigenvalue weighted by molar-refractivity contribution is 7.87. The zero-order valence-electron chi connectivity index (χ0n) is 12.6. The van der Waals surface area contributed by atoms with Crippen molar-refractivity contribution >= 4 is 10.8 Å². The molecule has 0 amide bonds. The van der Waals surface area contributed by atoms with Gasteiger partial charge in [0.05, 0.1) is 5.25 Å². The van der Waals surface area contributed by atoms with Gasteiger partial charge in [-0.1, -0.05) is 32.6 Å². The molecule has 0 aromatic heterocycles. The van der Waals surface area contributed by atoms with Crippen LogP contribution in [0.4, 0.5) is 0 Å². The number of rotatable bonds is 4. The first-order valence-electron chi connectivity index (χ1n) is 7.61. The van der Waals surface area contributed by atoms with Gasteiger partial charge in [-0.3, -0.25) is 4.21 Å². The van der Waals surface area contributed by atoms with Gasteiger partial charge in [0.15, 0.2) is 0 Å². The molecule has 2 nitrogen and oxygen atoms in total. The van der Waals surface area contributed by atoms with E-state index in [1.54, 1.807) is 0 Å². The van der Waals surface area contributed by atoms with Gasteiger partial charge in [-0.15, -0.1) is 0 Å². The zero-order chi connectivity index (χ0) is 13.6. The van der Waals surface area contributed by atoms with Crippen molar-refractivity contribution in [3.8, 4) is 0 Å². The molecule has 1 saturated carbocycles. The molecule has 1 aliphatic rings. The summed E-state index contributed by atoms with van der Waals surface area (Å²) in [6.07, 6.45) is 8.69. The van der Waals surface area contributed by atoms with Gasteiger partial charge in [-0.2, -0.15) is 0 Å². The summed E-state index contributed by atoms with van der Waals surface area (Å²) < 4.78 is 12.6. The predicted molar refractivity (Wildman–Crippen MR) is 81.5 cm³/mol. The molecule has 0 aliphatic heterocycles. The molecule has 0 radical (unpaired) electrons. The Morgan fingerprint density at radius 3 is 2.28 bits per heavy atom. The molecule has 0 aromatic carbocycles. The Morgan fingerprint density at radius 1 is 1.11 bits per heavy atom. The molecule has 3 heteroatoms. The molecule has 1 rings (SSSR count). The first-order valence-corrected chi connectivity index (χ1v) is 8.82. The molecule has 1 fully saturated rings. The summed E-state index contributed by atoms with van der Waals surface area (Å²) in [4.78, 5) is 0. The van der Waals surface area contributed by atoms with Crippen LogP contribution in [-0.2, 0) is 10.8 Å². The molecule has 0 aromatic rings. The van der Waals surface area contributed by atoms with E-state index in [0.717, 1.165) is 19.4 Å². The molecule has 1 aliphatic carbocycles. The fourth-order valence-electron chi connectivity index (χ4n) is 2.72. The summed E-state index contributed by atoms with van der Waals surface area (Å²) in [7, 11) is -0.739. The second kappa shape index (κ2) is 7.64. The Hall–Kier alpha value is 0.110. The fraction of sp³-hybridized carbons (Fsp3) is 1.00. The first kappa shape index (κ1) is 16.2. The van der Waals surface area contributed by atoms with E-state index in [0.29, 0.717) is 11.3 Å². The van der Waals surface area contributed by atoms with Gasteiger partial charge in [0, 0.05) is 21.6 Å². The molecule has 0 heterocycles. The maximum Gasteiger partial charge on any atom is 0.0506 e. The summed E-state index contributed by atoms with van der Waals surface area (Å²) in [5.41, 5.74) is 0. The largest absolute Gasteiger partial charge is 0.313 e. The molecule has 0 saturated heterocycles. The summed E-state index contributed by atoms with van der Waals surface area (Å²) in [6, 6.07) is 0.463. The summed E-state index contributed by atoms with van der Waals surface area (Å²) >= 11 is 0. The number of nitrogens with one attached hydrogen (secondary N) is 1. The lowest BCUT2D eigenvalue weighted by Crippen LogP contribution is -2.47. The van der Waals surface area contributed by atoms with E-state index in [9.17, 15) is 4.21 Å². The van der Waals surface area contributed by atoms with Crippen LogP contribution in [0.1, 0.15) is 72.6 Å². The van der Waals surface area contributed by atoms with Crippen LogP contribution in [0.25, 0.3) is 0 Å². The quantitative estimate of drug-likeness (QED) is 0.847. The van der Waals surface area contributed by atoms with Crippen LogP contribution in [0, 0.1) is 0 Å². The van der Waals surface area contributed by atoms with Crippen molar-refractivity contribution in [2.75, 3.05) is 6.54 Å². The lowest BCUT2D eigenvalue weighted by atomic mass is 9.96. The smallest absolute Gasteiger partial charge is 0.0506 e. The van der Waals surface area contributed by atoms with Crippen molar-refractivity contribution in [2.24, 2.45) is 0 Å². The molecule has 0 spiro atoms. The highest BCUT2D eigenvalue weighted by Gasteiger charge is 2.33. The van der Waals surface area contributed by atoms with Gasteiger partial charge in [0.1, 0.15) is 0 Å². The molecule has 0 bridgehead atoms. The van der Waals surface area contributed by atoms with E-state index >= 15 is 0 Å². The lowest BCUT2D eigenvalue weighted by Gasteiger charge is -2.34. The van der Waals surface area contributed by atoms with Crippen LogP contribution in [0.5, 0.6) is 0 Å². The van der Waals surface area contributed by atoms with Crippen LogP contribution < -0.4 is 5.32 Å². The van der Waals surface area contributed by atoms with Crippen LogP contribution in [0.2, 0.25) is 0 Å². The summed E-state index contributed by atoms with van der Waals surface area (Å²) in [5.74, 6) is 0. The van der Waals surface area contributed by atoms with E-state index in [-0.39, 0.29) is 4.75 Å². The van der Waals surface area contributed by atoms with Crippen molar-refractivity contribution in [1.29, 1.82) is 0 Å². The summed E-state index contributed by atoms with van der Waals surface area (Å²) in [6.45, 7) is 9.59. The third kappa shape index (κ3) is 5.00. The van der Waals surface area contributed by atoms with Crippen molar-refractivity contribution in [1.82, 2.24) is 5.32 Å². The third-order valence-electron chi connectivity index (χ3n) is 3.74. The van der Waals surface area contributed by atoms with Gasteiger partial charge in [-0.05, 0) is 46.6 Å². The third-order valence-corrected chi connectivity index (χ3v) is 6.06. The normalized spacial score (nSPS) is 28.4. The van der Waals surface area contributed by atoms with Crippen molar-refractivity contribution in [3.05, 3.63) is 0 Å². The zero-order valence-corrected chi connectivity index (χ0v) is 13.4. The fourth-order valence-corrected chi connectivity index (χ4v) is 4.54. The average Bonchev–Trinajstić information content (AvgIpc) is 2.26. The maximum absolute atomic E-state index is 12.7. The molecule has 3 atom stereocenters. The highest BCUT2D eigenvalue weighted by atomic mass is 32.2. The maximum atomic E-state index is 12.7. The van der Waals surface area contributed by atoms with E-state index in [4.69, 9.17) is 0 Å². The van der Waals surface area contributed by atoms with E-state index < -0.39 is 10.8 Å². The molecule has 3 unspecified atom stereocenters. The summed E-state index contributed by atoms with van der Waals surface area (Å²) in [5, 5.41) is 3.99. The molecular formula is C15H31NOS. The Kier molecular flexibility index (Phi) is 6.86. The lowest BCUT2D eigenvalue weighted by molar-refractivity contribution is 0.392. The standard InChI is InChI=1S/C15H31NOS/c1-5-12-16-13-10-8-6-7-9-11-14(13)18(17)15(2,3)4/h13-14,16H,5-12H2,1-4H3. The topological polar surface area (TPSA) is 29.1 Å². The predicted octanol–water partition coefficient (Wildman–Crippen LogP) is 3.62. The minimum Gasteiger partial charge on any atom is -0.313 e. The van der Waals surface area contributed by atoms with Crippen molar-refractivity contribution < 1.29 is 4.21 Å². The van der Waals surface area contributed by atoms with Crippen LogP contribution in [0.15, 0.2) is 0 Å². The second-order valence-electron chi connectivity index (χ2n) is 6.50. The van der Waals surface area contributed by atoms with Crippen LogP contribution in [0.3, 0.4) is 0 Å². The number of hydrogen-bond acceptors (Lipinski definition) is 2. The van der Waals surface area contributed by atoms with E-state index in [1.807, 2.05) is 0 Å². The van der Waals surface area contributed by atoms with Crippen LogP contribution >= 0.6 is 0 Å². The van der Waals surface area contributed by atoms with Crippen molar-refractivity contribution in [3.63, 3.8) is 0 Å². The van der Waals surface area contributed by atoms with Gasteiger partial charge in [0.25, 0.3) is 0 Å². The minimum atomic E-state index is -0.739. The van der Waals surface area contributed by atoms with Crippen molar-refractivity contribution in [2.45, 2.75) is 88.7 Å². The van der Waals surface area contributed by atoms with Gasteiger partial charge in [-0.25, -0.2) is 0 Å². The second-order valence-corrected chi connectivity index (χ2v) is 8.93. The highest BCUT2D eigenvalue weighted by Crippen LogP contribution is 2.27. The SMILES string of the molecule is CCCNC1CCCCCCC1S(=O)C(C)(C)C. The van der Waals surface area contributed by atoms with E-state index in [1.165, 1.54) is 32.1 Å². The van der Waals surface area contributed by atoms with Crippen LogP contribution in [-0.4, -0.2) is 26.8 Å². The Morgan fingerprint density at radius 2 is 1.72 bits per heavy atom. The molecule has 18 heavy (non-hydrogen) atoms. The van der Waals surface area contributed by atoms with Gasteiger partial charge in [0.2, 0.25) is 0 Å². The Bertz CT molecular complexity index is 258.